The average Bonchev–Trinajstić information content (AvgIpc) is 2.81. The van der Waals surface area contributed by atoms with E-state index in [0.717, 1.165) is 5.56 Å². The number of carbonyl (C=O) groups is 1. The van der Waals surface area contributed by atoms with E-state index in [-0.39, 0.29) is 5.82 Å². The van der Waals surface area contributed by atoms with E-state index in [2.05, 4.69) is 0 Å². The minimum Gasteiger partial charge on any atom is -0.465 e. The lowest BCUT2D eigenvalue weighted by atomic mass is 10.2. The van der Waals surface area contributed by atoms with Gasteiger partial charge in [0.1, 0.15) is 22.9 Å². The molecule has 0 saturated carbocycles. The van der Waals surface area contributed by atoms with Crippen LogP contribution in [0.2, 0.25) is 5.02 Å². The van der Waals surface area contributed by atoms with Gasteiger partial charge in [-0.25, -0.2) is 9.18 Å². The summed E-state index contributed by atoms with van der Waals surface area (Å²) in [4.78, 5) is 13.5. The fourth-order valence-electron chi connectivity index (χ4n) is 2.20. The Kier molecular flexibility index (Phi) is 5.21. The molecule has 4 nitrogen and oxygen atoms in total. The van der Waals surface area contributed by atoms with Crippen LogP contribution < -0.4 is 0 Å². The van der Waals surface area contributed by atoms with E-state index < -0.39 is 5.97 Å². The third-order valence-electron chi connectivity index (χ3n) is 3.26. The second kappa shape index (κ2) is 6.94. The first-order chi connectivity index (χ1) is 10.4. The largest absolute Gasteiger partial charge is 0.465 e. The molecule has 0 fully saturated rings. The van der Waals surface area contributed by atoms with Crippen molar-refractivity contribution in [2.75, 3.05) is 14.2 Å². The smallest absolute Gasteiger partial charge is 0.341 e. The minimum absolute atomic E-state index is 0.360. The van der Waals surface area contributed by atoms with Crippen LogP contribution in [0.4, 0.5) is 4.39 Å². The summed E-state index contributed by atoms with van der Waals surface area (Å²) in [5.41, 5.74) is 1.24. The van der Waals surface area contributed by atoms with Crippen molar-refractivity contribution in [2.24, 2.45) is 0 Å². The van der Waals surface area contributed by atoms with E-state index in [0.29, 0.717) is 35.2 Å². The topological polar surface area (TPSA) is 42.7 Å². The van der Waals surface area contributed by atoms with Crippen LogP contribution in [0.15, 0.2) is 28.7 Å². The molecule has 0 aliphatic carbocycles. The minimum atomic E-state index is -0.420. The first kappa shape index (κ1) is 16.5. The molecule has 0 bridgehead atoms. The Morgan fingerprint density at radius 2 is 2.09 bits per heavy atom. The Hall–Kier alpha value is -1.85. The van der Waals surface area contributed by atoms with Crippen molar-refractivity contribution in [3.05, 3.63) is 57.8 Å². The lowest BCUT2D eigenvalue weighted by molar-refractivity contribution is 0.0599. The highest BCUT2D eigenvalue weighted by molar-refractivity contribution is 6.31. The van der Waals surface area contributed by atoms with E-state index in [4.69, 9.17) is 20.8 Å². The number of nitrogens with zero attached hydrogens (tertiary/aromatic N) is 1. The molecule has 0 atom stereocenters. The van der Waals surface area contributed by atoms with Crippen LogP contribution in [-0.4, -0.2) is 25.0 Å². The van der Waals surface area contributed by atoms with Crippen LogP contribution in [-0.2, 0) is 17.8 Å². The number of carbonyl (C=O) groups excluding carboxylic acids is 1. The Labute approximate surface area is 133 Å². The van der Waals surface area contributed by atoms with Gasteiger partial charge in [0, 0.05) is 11.6 Å². The van der Waals surface area contributed by atoms with E-state index in [1.807, 2.05) is 11.9 Å². The molecule has 118 valence electrons. The molecular formula is C16H17ClFNO3. The molecular weight excluding hydrogens is 309 g/mol. The average molecular weight is 326 g/mol. The molecule has 1 aromatic heterocycles. The van der Waals surface area contributed by atoms with Gasteiger partial charge in [-0.1, -0.05) is 17.7 Å². The molecule has 0 radical (unpaired) electrons. The van der Waals surface area contributed by atoms with Crippen molar-refractivity contribution in [1.82, 2.24) is 4.90 Å². The number of esters is 1. The number of furan rings is 1. The van der Waals surface area contributed by atoms with Crippen LogP contribution in [0.1, 0.15) is 27.4 Å². The zero-order valence-electron chi connectivity index (χ0n) is 12.7. The number of benzene rings is 1. The Balaban J connectivity index is 2.06. The first-order valence-corrected chi connectivity index (χ1v) is 7.08. The fourth-order valence-corrected chi connectivity index (χ4v) is 2.42. The van der Waals surface area contributed by atoms with Crippen molar-refractivity contribution in [1.29, 1.82) is 0 Å². The normalized spacial score (nSPS) is 11.0. The van der Waals surface area contributed by atoms with Gasteiger partial charge in [-0.05, 0) is 37.7 Å². The highest BCUT2D eigenvalue weighted by atomic mass is 35.5. The summed E-state index contributed by atoms with van der Waals surface area (Å²) >= 11 is 6.01. The summed E-state index contributed by atoms with van der Waals surface area (Å²) < 4.78 is 23.3. The quantitative estimate of drug-likeness (QED) is 0.784. The monoisotopic (exact) mass is 325 g/mol. The molecule has 1 heterocycles. The summed E-state index contributed by atoms with van der Waals surface area (Å²) in [6.07, 6.45) is 0. The predicted molar refractivity (Wildman–Crippen MR) is 81.4 cm³/mol. The zero-order chi connectivity index (χ0) is 16.3. The molecule has 0 unspecified atom stereocenters. The van der Waals surface area contributed by atoms with E-state index in [9.17, 15) is 9.18 Å². The SMILES string of the molecule is COC(=O)c1cc(CN(C)Cc2ccc(F)cc2Cl)oc1C. The molecule has 0 N–H and O–H groups in total. The van der Waals surface area contributed by atoms with Gasteiger partial charge in [-0.15, -0.1) is 0 Å². The summed E-state index contributed by atoms with van der Waals surface area (Å²) in [7, 11) is 3.21. The molecule has 0 amide bonds. The molecule has 2 aromatic rings. The lowest BCUT2D eigenvalue weighted by Crippen LogP contribution is -2.17. The van der Waals surface area contributed by atoms with Crippen LogP contribution in [0.3, 0.4) is 0 Å². The number of aryl methyl sites for hydroxylation is 1. The summed E-state index contributed by atoms with van der Waals surface area (Å²) in [5.74, 6) is 0.395. The van der Waals surface area contributed by atoms with Gasteiger partial charge in [0.15, 0.2) is 0 Å². The van der Waals surface area contributed by atoms with Crippen molar-refractivity contribution in [3.63, 3.8) is 0 Å². The number of halogens is 2. The zero-order valence-corrected chi connectivity index (χ0v) is 13.4. The fraction of sp³-hybridized carbons (Fsp3) is 0.312. The van der Waals surface area contributed by atoms with Crippen molar-refractivity contribution in [2.45, 2.75) is 20.0 Å². The predicted octanol–water partition coefficient (Wildman–Crippen LogP) is 3.80. The third kappa shape index (κ3) is 3.87. The molecule has 0 saturated heterocycles. The maximum atomic E-state index is 13.0. The number of hydrogen-bond donors (Lipinski definition) is 0. The lowest BCUT2D eigenvalue weighted by Gasteiger charge is -2.16. The van der Waals surface area contributed by atoms with Gasteiger partial charge in [0.05, 0.1) is 13.7 Å². The molecule has 1 aromatic carbocycles. The van der Waals surface area contributed by atoms with Crippen molar-refractivity contribution >= 4 is 17.6 Å². The van der Waals surface area contributed by atoms with Crippen LogP contribution in [0.5, 0.6) is 0 Å². The van der Waals surface area contributed by atoms with Crippen molar-refractivity contribution < 1.29 is 18.3 Å². The molecule has 0 aliphatic heterocycles. The molecule has 0 spiro atoms. The van der Waals surface area contributed by atoms with Crippen LogP contribution in [0, 0.1) is 12.7 Å². The second-order valence-corrected chi connectivity index (χ2v) is 5.49. The van der Waals surface area contributed by atoms with Gasteiger partial charge < -0.3 is 9.15 Å². The Bertz CT molecular complexity index is 684. The highest BCUT2D eigenvalue weighted by Gasteiger charge is 2.16. The maximum absolute atomic E-state index is 13.0. The summed E-state index contributed by atoms with van der Waals surface area (Å²) in [6.45, 7) is 2.74. The van der Waals surface area contributed by atoms with Gasteiger partial charge in [-0.2, -0.15) is 0 Å². The van der Waals surface area contributed by atoms with Gasteiger partial charge in [0.25, 0.3) is 0 Å². The first-order valence-electron chi connectivity index (χ1n) is 6.70. The van der Waals surface area contributed by atoms with Gasteiger partial charge in [-0.3, -0.25) is 4.90 Å². The number of rotatable bonds is 5. The number of ether oxygens (including phenoxy) is 1. The standard InChI is InChI=1S/C16H17ClFNO3/c1-10-14(16(20)21-3)7-13(22-10)9-19(2)8-11-4-5-12(18)6-15(11)17/h4-7H,8-9H2,1-3H3. The Morgan fingerprint density at radius 1 is 1.36 bits per heavy atom. The molecule has 2 rings (SSSR count). The second-order valence-electron chi connectivity index (χ2n) is 5.08. The number of hydrogen-bond acceptors (Lipinski definition) is 4. The molecule has 0 aliphatic rings. The molecule has 22 heavy (non-hydrogen) atoms. The molecule has 6 heteroatoms. The van der Waals surface area contributed by atoms with E-state index in [1.54, 1.807) is 19.1 Å². The van der Waals surface area contributed by atoms with Crippen LogP contribution in [0.25, 0.3) is 0 Å². The van der Waals surface area contributed by atoms with Crippen molar-refractivity contribution in [3.8, 4) is 0 Å². The summed E-state index contributed by atoms with van der Waals surface area (Å²) in [5, 5.41) is 0.387. The van der Waals surface area contributed by atoms with Gasteiger partial charge in [0.2, 0.25) is 0 Å². The third-order valence-corrected chi connectivity index (χ3v) is 3.61. The van der Waals surface area contributed by atoms with Crippen LogP contribution >= 0.6 is 11.6 Å². The van der Waals surface area contributed by atoms with E-state index >= 15 is 0 Å². The van der Waals surface area contributed by atoms with E-state index in [1.165, 1.54) is 19.2 Å². The highest BCUT2D eigenvalue weighted by Crippen LogP contribution is 2.21. The number of methoxy groups -OCH3 is 1. The Morgan fingerprint density at radius 3 is 2.73 bits per heavy atom. The maximum Gasteiger partial charge on any atom is 0.341 e. The summed E-state index contributed by atoms with van der Waals surface area (Å²) in [6, 6.07) is 5.99. The van der Waals surface area contributed by atoms with Gasteiger partial charge >= 0.3 is 5.97 Å².